The third kappa shape index (κ3) is 2.83. The maximum Gasteiger partial charge on any atom is 0.421 e. The number of ether oxygens (including phenoxy) is 1. The van der Waals surface area contributed by atoms with Gasteiger partial charge in [-0.3, -0.25) is 0 Å². The van der Waals surface area contributed by atoms with Crippen LogP contribution in [0, 0.1) is 0 Å². The predicted molar refractivity (Wildman–Crippen MR) is 75.4 cm³/mol. The number of halogens is 3. The molecule has 2 nitrogen and oxygen atoms in total. The van der Waals surface area contributed by atoms with Gasteiger partial charge in [-0.15, -0.1) is 0 Å². The lowest BCUT2D eigenvalue weighted by Gasteiger charge is -2.28. The summed E-state index contributed by atoms with van der Waals surface area (Å²) in [6.07, 6.45) is -3.95. The summed E-state index contributed by atoms with van der Waals surface area (Å²) in [5.41, 5.74) is -3.08. The van der Waals surface area contributed by atoms with Gasteiger partial charge in [0.2, 0.25) is 0 Å². The Bertz CT molecular complexity index is 633. The summed E-state index contributed by atoms with van der Waals surface area (Å²) in [5.74, 6) is 0.522. The van der Waals surface area contributed by atoms with Gasteiger partial charge in [-0.05, 0) is 24.8 Å². The number of fused-ring (bicyclic) bond motifs is 1. The molecule has 0 aliphatic heterocycles. The molecule has 0 aliphatic carbocycles. The van der Waals surface area contributed by atoms with E-state index < -0.39 is 11.8 Å². The molecule has 2 rings (SSSR count). The first-order chi connectivity index (χ1) is 9.79. The number of aliphatic hydroxyl groups is 1. The van der Waals surface area contributed by atoms with E-state index in [9.17, 15) is 18.3 Å². The zero-order chi connectivity index (χ0) is 15.7. The van der Waals surface area contributed by atoms with Crippen LogP contribution in [0.4, 0.5) is 13.2 Å². The number of rotatable bonds is 4. The van der Waals surface area contributed by atoms with Crippen LogP contribution in [-0.2, 0) is 5.60 Å². The van der Waals surface area contributed by atoms with Crippen molar-refractivity contribution in [2.75, 3.05) is 6.61 Å². The Morgan fingerprint density at radius 2 is 1.67 bits per heavy atom. The Kier molecular flexibility index (Phi) is 4.14. The number of alkyl halides is 3. The number of hydrogen-bond donors (Lipinski definition) is 1. The van der Waals surface area contributed by atoms with Crippen molar-refractivity contribution in [3.05, 3.63) is 42.0 Å². The maximum atomic E-state index is 13.1. The summed E-state index contributed by atoms with van der Waals surface area (Å²) in [5, 5.41) is 10.8. The molecule has 0 aliphatic rings. The molecule has 0 fully saturated rings. The van der Waals surface area contributed by atoms with Crippen molar-refractivity contribution >= 4 is 10.8 Å². The molecule has 0 heterocycles. The van der Waals surface area contributed by atoms with Crippen LogP contribution >= 0.6 is 0 Å². The van der Waals surface area contributed by atoms with E-state index in [0.717, 1.165) is 13.3 Å². The fourth-order valence-electron chi connectivity index (χ4n) is 2.19. The summed E-state index contributed by atoms with van der Waals surface area (Å²) in [6.45, 7) is 3.20. The third-order valence-corrected chi connectivity index (χ3v) is 3.42. The second-order valence-electron chi connectivity index (χ2n) is 5.08. The molecule has 2 aromatic rings. The molecule has 0 saturated heterocycles. The highest BCUT2D eigenvalue weighted by Gasteiger charge is 2.51. The summed E-state index contributed by atoms with van der Waals surface area (Å²) in [6, 6.07) is 9.38. The third-order valence-electron chi connectivity index (χ3n) is 3.42. The molecule has 2 aromatic carbocycles. The van der Waals surface area contributed by atoms with Crippen LogP contribution in [0.2, 0.25) is 0 Å². The van der Waals surface area contributed by atoms with Crippen LogP contribution < -0.4 is 4.74 Å². The number of hydrogen-bond acceptors (Lipinski definition) is 2. The van der Waals surface area contributed by atoms with Gasteiger partial charge in [-0.25, -0.2) is 0 Å². The van der Waals surface area contributed by atoms with Crippen LogP contribution in [0.1, 0.15) is 25.8 Å². The van der Waals surface area contributed by atoms with Gasteiger partial charge in [-0.1, -0.05) is 37.3 Å². The predicted octanol–water partition coefficient (Wildman–Crippen LogP) is 4.40. The van der Waals surface area contributed by atoms with E-state index in [1.54, 1.807) is 24.3 Å². The van der Waals surface area contributed by atoms with E-state index in [1.165, 1.54) is 12.1 Å². The summed E-state index contributed by atoms with van der Waals surface area (Å²) >= 11 is 0. The highest BCUT2D eigenvalue weighted by atomic mass is 19.4. The molecular weight excluding hydrogens is 281 g/mol. The topological polar surface area (TPSA) is 29.5 Å². The first-order valence-electron chi connectivity index (χ1n) is 6.73. The Labute approximate surface area is 121 Å². The fourth-order valence-corrected chi connectivity index (χ4v) is 2.19. The molecule has 1 unspecified atom stereocenters. The summed E-state index contributed by atoms with van der Waals surface area (Å²) < 4.78 is 44.8. The zero-order valence-corrected chi connectivity index (χ0v) is 11.9. The first-order valence-corrected chi connectivity index (χ1v) is 6.73. The van der Waals surface area contributed by atoms with Gasteiger partial charge in [0.15, 0.2) is 5.60 Å². The minimum atomic E-state index is -4.75. The van der Waals surface area contributed by atoms with Crippen molar-refractivity contribution in [1.82, 2.24) is 0 Å². The van der Waals surface area contributed by atoms with Crippen molar-refractivity contribution in [2.24, 2.45) is 0 Å². The van der Waals surface area contributed by atoms with Crippen LogP contribution in [-0.4, -0.2) is 17.9 Å². The van der Waals surface area contributed by atoms with Gasteiger partial charge in [0.05, 0.1) is 6.61 Å². The molecule has 0 amide bonds. The Balaban J connectivity index is 2.63. The molecule has 0 bridgehead atoms. The van der Waals surface area contributed by atoms with E-state index in [4.69, 9.17) is 4.74 Å². The largest absolute Gasteiger partial charge is 0.493 e. The lowest BCUT2D eigenvalue weighted by molar-refractivity contribution is -0.258. The highest BCUT2D eigenvalue weighted by molar-refractivity contribution is 5.91. The van der Waals surface area contributed by atoms with Crippen LogP contribution in [0.3, 0.4) is 0 Å². The van der Waals surface area contributed by atoms with Gasteiger partial charge in [-0.2, -0.15) is 13.2 Å². The average molecular weight is 298 g/mol. The molecule has 21 heavy (non-hydrogen) atoms. The monoisotopic (exact) mass is 298 g/mol. The van der Waals surface area contributed by atoms with Gasteiger partial charge in [0.25, 0.3) is 0 Å². The van der Waals surface area contributed by atoms with Gasteiger partial charge in [0, 0.05) is 10.9 Å². The van der Waals surface area contributed by atoms with Gasteiger partial charge in [0.1, 0.15) is 5.75 Å². The van der Waals surface area contributed by atoms with Crippen LogP contribution in [0.15, 0.2) is 36.4 Å². The Morgan fingerprint density at radius 3 is 2.24 bits per heavy atom. The van der Waals surface area contributed by atoms with E-state index in [-0.39, 0.29) is 5.56 Å². The lowest BCUT2D eigenvalue weighted by Crippen LogP contribution is -2.39. The van der Waals surface area contributed by atoms with Gasteiger partial charge < -0.3 is 9.84 Å². The van der Waals surface area contributed by atoms with Crippen LogP contribution in [0.5, 0.6) is 5.75 Å². The molecule has 0 aromatic heterocycles. The van der Waals surface area contributed by atoms with E-state index in [1.807, 2.05) is 6.92 Å². The molecule has 0 spiro atoms. The van der Waals surface area contributed by atoms with Crippen molar-refractivity contribution < 1.29 is 23.0 Å². The molecule has 114 valence electrons. The second kappa shape index (κ2) is 5.56. The van der Waals surface area contributed by atoms with Crippen molar-refractivity contribution in [3.8, 4) is 5.75 Å². The Morgan fingerprint density at radius 1 is 1.05 bits per heavy atom. The minimum absolute atomic E-state index is 0.172. The molecule has 1 atom stereocenters. The zero-order valence-electron chi connectivity index (χ0n) is 11.9. The van der Waals surface area contributed by atoms with E-state index >= 15 is 0 Å². The quantitative estimate of drug-likeness (QED) is 0.906. The van der Waals surface area contributed by atoms with E-state index in [0.29, 0.717) is 23.1 Å². The standard InChI is InChI=1S/C16H17F3O2/c1-3-10-21-14-9-8-13(15(2,20)16(17,18)19)11-6-4-5-7-12(11)14/h4-9,20H,3,10H2,1-2H3. The first kappa shape index (κ1) is 15.6. The molecular formula is C16H17F3O2. The molecule has 1 N–H and O–H groups in total. The van der Waals surface area contributed by atoms with Crippen LogP contribution in [0.25, 0.3) is 10.8 Å². The second-order valence-corrected chi connectivity index (χ2v) is 5.08. The number of benzene rings is 2. The lowest BCUT2D eigenvalue weighted by atomic mass is 9.90. The normalized spacial score (nSPS) is 15.0. The van der Waals surface area contributed by atoms with Gasteiger partial charge >= 0.3 is 6.18 Å². The average Bonchev–Trinajstić information content (AvgIpc) is 2.43. The molecule has 0 saturated carbocycles. The summed E-state index contributed by atoms with van der Waals surface area (Å²) in [7, 11) is 0. The van der Waals surface area contributed by atoms with Crippen molar-refractivity contribution in [1.29, 1.82) is 0 Å². The van der Waals surface area contributed by atoms with Crippen molar-refractivity contribution in [2.45, 2.75) is 32.0 Å². The van der Waals surface area contributed by atoms with E-state index in [2.05, 4.69) is 0 Å². The smallest absolute Gasteiger partial charge is 0.421 e. The molecule has 0 radical (unpaired) electrons. The fraction of sp³-hybridized carbons (Fsp3) is 0.375. The maximum absolute atomic E-state index is 13.1. The highest BCUT2D eigenvalue weighted by Crippen LogP contribution is 2.42. The van der Waals surface area contributed by atoms with Crippen molar-refractivity contribution in [3.63, 3.8) is 0 Å². The SMILES string of the molecule is CCCOc1ccc(C(C)(O)C(F)(F)F)c2ccccc12. The summed E-state index contributed by atoms with van der Waals surface area (Å²) in [4.78, 5) is 0. The Hall–Kier alpha value is -1.75. The minimum Gasteiger partial charge on any atom is -0.493 e. The molecule has 5 heteroatoms.